The first-order chi connectivity index (χ1) is 12.8. The third kappa shape index (κ3) is 8.83. The zero-order valence-electron chi connectivity index (χ0n) is 19.7. The van der Waals surface area contributed by atoms with Gasteiger partial charge >= 0.3 is 0 Å². The molecule has 0 aromatic heterocycles. The van der Waals surface area contributed by atoms with Gasteiger partial charge in [0.2, 0.25) is 0 Å². The zero-order valence-corrected chi connectivity index (χ0v) is 19.7. The average molecular weight is 382 g/mol. The van der Waals surface area contributed by atoms with E-state index in [1.165, 1.54) is 70.6 Å². The van der Waals surface area contributed by atoms with Gasteiger partial charge in [0.15, 0.2) is 0 Å². The van der Waals surface area contributed by atoms with E-state index in [9.17, 15) is 0 Å². The topological polar surface area (TPSA) is 36.1 Å². The van der Waals surface area contributed by atoms with Crippen LogP contribution in [0.4, 0.5) is 0 Å². The molecule has 0 amide bonds. The SMILES string of the molecule is CCCCCCCCC(NC(C)C)C(NC(C)C)(NC1CCCC1)C(C)C. The van der Waals surface area contributed by atoms with E-state index in [2.05, 4.69) is 64.4 Å². The number of nitrogens with one attached hydrogen (secondary N) is 3. The molecule has 1 saturated carbocycles. The molecule has 1 aliphatic carbocycles. The highest BCUT2D eigenvalue weighted by Gasteiger charge is 2.43. The molecule has 0 saturated heterocycles. The van der Waals surface area contributed by atoms with Crippen LogP contribution in [-0.4, -0.2) is 29.8 Å². The second kappa shape index (κ2) is 13.2. The molecule has 2 atom stereocenters. The molecule has 1 fully saturated rings. The maximum Gasteiger partial charge on any atom is 0.0872 e. The van der Waals surface area contributed by atoms with Crippen LogP contribution in [-0.2, 0) is 0 Å². The molecule has 3 nitrogen and oxygen atoms in total. The third-order valence-corrected chi connectivity index (χ3v) is 6.17. The van der Waals surface area contributed by atoms with Crippen molar-refractivity contribution in [2.75, 3.05) is 0 Å². The fraction of sp³-hybridized carbons (Fsp3) is 1.00. The van der Waals surface area contributed by atoms with E-state index in [1.807, 2.05) is 0 Å². The van der Waals surface area contributed by atoms with Crippen molar-refractivity contribution in [2.24, 2.45) is 5.92 Å². The van der Waals surface area contributed by atoms with Crippen LogP contribution in [0.2, 0.25) is 0 Å². The molecule has 0 aromatic carbocycles. The first-order valence-electron chi connectivity index (χ1n) is 12.1. The quantitative estimate of drug-likeness (QED) is 0.241. The average Bonchev–Trinajstić information content (AvgIpc) is 3.08. The molecule has 1 rings (SSSR count). The van der Waals surface area contributed by atoms with E-state index in [-0.39, 0.29) is 5.66 Å². The minimum Gasteiger partial charge on any atom is -0.309 e. The van der Waals surface area contributed by atoms with Gasteiger partial charge in [0, 0.05) is 24.2 Å². The lowest BCUT2D eigenvalue weighted by molar-refractivity contribution is 0.0839. The predicted octanol–water partition coefficient (Wildman–Crippen LogP) is 5.99. The number of hydrogen-bond acceptors (Lipinski definition) is 3. The molecule has 3 heteroatoms. The van der Waals surface area contributed by atoms with E-state index < -0.39 is 0 Å². The summed E-state index contributed by atoms with van der Waals surface area (Å²) in [5.74, 6) is 0.539. The van der Waals surface area contributed by atoms with Gasteiger partial charge in [-0.2, -0.15) is 0 Å². The van der Waals surface area contributed by atoms with Gasteiger partial charge < -0.3 is 5.32 Å². The second-order valence-corrected chi connectivity index (χ2v) is 9.88. The van der Waals surface area contributed by atoms with Crippen molar-refractivity contribution in [1.82, 2.24) is 16.0 Å². The van der Waals surface area contributed by atoms with Crippen LogP contribution in [0.25, 0.3) is 0 Å². The van der Waals surface area contributed by atoms with E-state index in [4.69, 9.17) is 0 Å². The minimum absolute atomic E-state index is 0.0309. The van der Waals surface area contributed by atoms with Crippen molar-refractivity contribution in [2.45, 2.75) is 149 Å². The van der Waals surface area contributed by atoms with Crippen molar-refractivity contribution in [1.29, 1.82) is 0 Å². The monoisotopic (exact) mass is 381 g/mol. The summed E-state index contributed by atoms with van der Waals surface area (Å²) in [5.41, 5.74) is -0.0309. The van der Waals surface area contributed by atoms with Gasteiger partial charge in [-0.05, 0) is 39.0 Å². The van der Waals surface area contributed by atoms with Crippen molar-refractivity contribution < 1.29 is 0 Å². The van der Waals surface area contributed by atoms with Gasteiger partial charge in [0.05, 0.1) is 5.66 Å². The third-order valence-electron chi connectivity index (χ3n) is 6.17. The summed E-state index contributed by atoms with van der Waals surface area (Å²) in [6.45, 7) is 16.3. The van der Waals surface area contributed by atoms with Crippen LogP contribution < -0.4 is 16.0 Å². The Kier molecular flexibility index (Phi) is 12.2. The Hall–Kier alpha value is -0.120. The van der Waals surface area contributed by atoms with E-state index in [1.54, 1.807) is 0 Å². The van der Waals surface area contributed by atoms with Gasteiger partial charge in [0.25, 0.3) is 0 Å². The van der Waals surface area contributed by atoms with Crippen molar-refractivity contribution in [3.05, 3.63) is 0 Å². The normalized spacial score (nSPS) is 19.3. The number of hydrogen-bond donors (Lipinski definition) is 3. The highest BCUT2D eigenvalue weighted by Crippen LogP contribution is 2.29. The summed E-state index contributed by atoms with van der Waals surface area (Å²) in [4.78, 5) is 0. The Bertz CT molecular complexity index is 361. The summed E-state index contributed by atoms with van der Waals surface area (Å²) in [6, 6.07) is 2.11. The summed E-state index contributed by atoms with van der Waals surface area (Å²) < 4.78 is 0. The Morgan fingerprint density at radius 3 is 1.93 bits per heavy atom. The second-order valence-electron chi connectivity index (χ2n) is 9.88. The van der Waals surface area contributed by atoms with E-state index >= 15 is 0 Å². The molecule has 0 heterocycles. The van der Waals surface area contributed by atoms with Gasteiger partial charge in [-0.3, -0.25) is 10.6 Å². The number of rotatable bonds is 15. The lowest BCUT2D eigenvalue weighted by Crippen LogP contribution is -2.74. The molecular formula is C24H51N3. The molecular weight excluding hydrogens is 330 g/mol. The highest BCUT2D eigenvalue weighted by atomic mass is 15.3. The fourth-order valence-corrected chi connectivity index (χ4v) is 4.84. The molecule has 2 unspecified atom stereocenters. The zero-order chi connectivity index (χ0) is 20.3. The summed E-state index contributed by atoms with van der Waals surface area (Å²) in [6.07, 6.45) is 14.9. The van der Waals surface area contributed by atoms with Crippen LogP contribution in [0.3, 0.4) is 0 Å². The largest absolute Gasteiger partial charge is 0.309 e. The van der Waals surface area contributed by atoms with Crippen LogP contribution in [0.5, 0.6) is 0 Å². The molecule has 0 aromatic rings. The molecule has 0 spiro atoms. The van der Waals surface area contributed by atoms with Crippen LogP contribution in [0.1, 0.15) is 119 Å². The molecule has 0 radical (unpaired) electrons. The smallest absolute Gasteiger partial charge is 0.0872 e. The van der Waals surface area contributed by atoms with Crippen LogP contribution in [0.15, 0.2) is 0 Å². The molecule has 0 bridgehead atoms. The van der Waals surface area contributed by atoms with Gasteiger partial charge in [0.1, 0.15) is 0 Å². The Morgan fingerprint density at radius 2 is 1.41 bits per heavy atom. The minimum atomic E-state index is -0.0309. The molecule has 3 N–H and O–H groups in total. The van der Waals surface area contributed by atoms with E-state index in [0.29, 0.717) is 30.1 Å². The van der Waals surface area contributed by atoms with Crippen molar-refractivity contribution >= 4 is 0 Å². The van der Waals surface area contributed by atoms with Gasteiger partial charge in [-0.25, -0.2) is 0 Å². The lowest BCUT2D eigenvalue weighted by atomic mass is 9.82. The van der Waals surface area contributed by atoms with Crippen molar-refractivity contribution in [3.63, 3.8) is 0 Å². The van der Waals surface area contributed by atoms with Gasteiger partial charge in [-0.1, -0.05) is 86.0 Å². The maximum atomic E-state index is 4.15. The lowest BCUT2D eigenvalue weighted by Gasteiger charge is -2.49. The Morgan fingerprint density at radius 1 is 0.815 bits per heavy atom. The standard InChI is InChI=1S/C24H51N3/c1-8-9-10-11-12-13-18-23(25-20(4)5)24(19(2)3,26-21(6)7)27-22-16-14-15-17-22/h19-23,25-27H,8-18H2,1-7H3. The summed E-state index contributed by atoms with van der Waals surface area (Å²) in [7, 11) is 0. The van der Waals surface area contributed by atoms with Crippen LogP contribution in [0, 0.1) is 5.92 Å². The number of unbranched alkanes of at least 4 members (excludes halogenated alkanes) is 5. The molecule has 0 aliphatic heterocycles. The highest BCUT2D eigenvalue weighted by molar-refractivity contribution is 5.02. The predicted molar refractivity (Wildman–Crippen MR) is 121 cm³/mol. The fourth-order valence-electron chi connectivity index (χ4n) is 4.84. The van der Waals surface area contributed by atoms with E-state index in [0.717, 1.165) is 0 Å². The summed E-state index contributed by atoms with van der Waals surface area (Å²) >= 11 is 0. The Balaban J connectivity index is 2.89. The Labute approximate surface area is 171 Å². The molecule has 1 aliphatic rings. The molecule has 27 heavy (non-hydrogen) atoms. The summed E-state index contributed by atoms with van der Waals surface area (Å²) in [5, 5.41) is 12.1. The van der Waals surface area contributed by atoms with Crippen molar-refractivity contribution in [3.8, 4) is 0 Å². The first-order valence-corrected chi connectivity index (χ1v) is 12.1. The van der Waals surface area contributed by atoms with Gasteiger partial charge in [-0.15, -0.1) is 0 Å². The maximum absolute atomic E-state index is 4.15. The first kappa shape index (κ1) is 24.9. The molecule has 162 valence electrons. The van der Waals surface area contributed by atoms with Crippen LogP contribution >= 0.6 is 0 Å².